The van der Waals surface area contributed by atoms with E-state index in [2.05, 4.69) is 4.98 Å². The van der Waals surface area contributed by atoms with E-state index in [-0.39, 0.29) is 23.6 Å². The first kappa shape index (κ1) is 17.8. The van der Waals surface area contributed by atoms with E-state index in [4.69, 9.17) is 4.74 Å². The first-order valence-electron chi connectivity index (χ1n) is 8.32. The third-order valence-corrected chi connectivity index (χ3v) is 6.56. The van der Waals surface area contributed by atoms with E-state index < -0.39 is 4.92 Å². The molecule has 3 heterocycles. The highest BCUT2D eigenvalue weighted by Gasteiger charge is 2.29. The highest BCUT2D eigenvalue weighted by atomic mass is 32.2. The predicted octanol–water partition coefficient (Wildman–Crippen LogP) is 3.81. The topological polar surface area (TPSA) is 90.0 Å². The van der Waals surface area contributed by atoms with Crippen molar-refractivity contribution in [3.63, 3.8) is 0 Å². The number of aromatic nitrogens is 2. The maximum Gasteiger partial charge on any atom is 0.410 e. The summed E-state index contributed by atoms with van der Waals surface area (Å²) in [6.07, 6.45) is 4.32. The summed E-state index contributed by atoms with van der Waals surface area (Å²) in [4.78, 5) is 29.7. The molecule has 0 aliphatic carbocycles. The van der Waals surface area contributed by atoms with Gasteiger partial charge in [0.1, 0.15) is 22.8 Å². The lowest BCUT2D eigenvalue weighted by molar-refractivity contribution is -0.384. The fraction of sp³-hybridized carbons (Fsp3) is 0.294. The maximum absolute atomic E-state index is 12.3. The summed E-state index contributed by atoms with van der Waals surface area (Å²) in [5, 5.41) is 14.0. The Balaban J connectivity index is 1.28. The van der Waals surface area contributed by atoms with Crippen LogP contribution in [0.1, 0.15) is 12.0 Å². The lowest BCUT2D eigenvalue weighted by atomic mass is 10.2. The summed E-state index contributed by atoms with van der Waals surface area (Å²) in [7, 11) is 0. The normalized spacial score (nSPS) is 16.7. The monoisotopic (exact) mass is 404 g/mol. The number of ether oxygens (including phenoxy) is 1. The van der Waals surface area contributed by atoms with Gasteiger partial charge in [-0.05, 0) is 24.1 Å². The second kappa shape index (κ2) is 7.57. The molecule has 1 amide bonds. The Labute approximate surface area is 162 Å². The smallest absolute Gasteiger partial charge is 0.410 e. The zero-order valence-electron chi connectivity index (χ0n) is 14.2. The second-order valence-electron chi connectivity index (χ2n) is 6.12. The Morgan fingerprint density at radius 3 is 3.00 bits per heavy atom. The summed E-state index contributed by atoms with van der Waals surface area (Å²) < 4.78 is 7.34. The molecule has 3 aromatic rings. The molecule has 1 aliphatic rings. The van der Waals surface area contributed by atoms with Gasteiger partial charge in [-0.15, -0.1) is 11.3 Å². The molecule has 0 saturated carbocycles. The number of nitro benzene ring substituents is 1. The third-order valence-electron chi connectivity index (χ3n) is 4.31. The largest absolute Gasteiger partial charge is 0.445 e. The van der Waals surface area contributed by atoms with E-state index in [1.165, 1.54) is 12.1 Å². The number of hydrogen-bond acceptors (Lipinski definition) is 7. The van der Waals surface area contributed by atoms with Gasteiger partial charge in [-0.25, -0.2) is 9.78 Å². The number of rotatable bonds is 5. The lowest BCUT2D eigenvalue weighted by Crippen LogP contribution is -2.29. The summed E-state index contributed by atoms with van der Waals surface area (Å²) in [6.45, 7) is 1.37. The van der Waals surface area contributed by atoms with Crippen molar-refractivity contribution in [2.75, 3.05) is 13.1 Å². The number of nitro groups is 1. The maximum atomic E-state index is 12.3. The van der Waals surface area contributed by atoms with E-state index in [0.717, 1.165) is 21.8 Å². The van der Waals surface area contributed by atoms with Crippen molar-refractivity contribution >= 4 is 39.7 Å². The highest BCUT2D eigenvalue weighted by Crippen LogP contribution is 2.33. The molecule has 0 unspecified atom stereocenters. The SMILES string of the molecule is O=C(OCc1ccc([N+](=O)[O-])cc1)N1CC[C@H](Sc2ncn3ccsc23)C1. The molecule has 8 nitrogen and oxygen atoms in total. The summed E-state index contributed by atoms with van der Waals surface area (Å²) in [5.74, 6) is 0. The fourth-order valence-electron chi connectivity index (χ4n) is 2.89. The molecule has 0 radical (unpaired) electrons. The standard InChI is InChI=1S/C17H16N4O4S2/c22-17(25-10-12-1-3-13(4-2-12)21(23)24)19-6-5-14(9-19)27-15-16-20(11-18-15)7-8-26-16/h1-4,7-8,11,14H,5-6,9-10H2/t14-/m0/s1. The number of thiazole rings is 1. The first-order valence-corrected chi connectivity index (χ1v) is 10.1. The van der Waals surface area contributed by atoms with Crippen LogP contribution < -0.4 is 0 Å². The number of benzene rings is 1. The average molecular weight is 404 g/mol. The minimum Gasteiger partial charge on any atom is -0.445 e. The number of imidazole rings is 1. The fourth-order valence-corrected chi connectivity index (χ4v) is 4.99. The Hall–Kier alpha value is -2.59. The molecule has 27 heavy (non-hydrogen) atoms. The molecular formula is C17H16N4O4S2. The number of carbonyl (C=O) groups is 1. The molecule has 2 aromatic heterocycles. The quantitative estimate of drug-likeness (QED) is 0.474. The van der Waals surface area contributed by atoms with Gasteiger partial charge in [-0.1, -0.05) is 11.8 Å². The first-order chi connectivity index (χ1) is 13.1. The molecule has 1 atom stereocenters. The summed E-state index contributed by atoms with van der Waals surface area (Å²) in [5.41, 5.74) is 0.737. The minimum absolute atomic E-state index is 0.0172. The molecule has 1 aliphatic heterocycles. The van der Waals surface area contributed by atoms with Gasteiger partial charge in [0.2, 0.25) is 0 Å². The van der Waals surface area contributed by atoms with Gasteiger partial charge in [-0.3, -0.25) is 14.5 Å². The number of fused-ring (bicyclic) bond motifs is 1. The number of thioether (sulfide) groups is 1. The zero-order valence-corrected chi connectivity index (χ0v) is 15.8. The van der Waals surface area contributed by atoms with Crippen LogP contribution in [0.5, 0.6) is 0 Å². The highest BCUT2D eigenvalue weighted by molar-refractivity contribution is 8.00. The van der Waals surface area contributed by atoms with E-state index in [1.807, 2.05) is 16.0 Å². The molecule has 1 fully saturated rings. The molecule has 10 heteroatoms. The van der Waals surface area contributed by atoms with Gasteiger partial charge in [0.25, 0.3) is 5.69 Å². The molecule has 0 spiro atoms. The van der Waals surface area contributed by atoms with Gasteiger partial charge >= 0.3 is 6.09 Å². The minimum atomic E-state index is -0.456. The van der Waals surface area contributed by atoms with Gasteiger partial charge in [0.15, 0.2) is 0 Å². The third kappa shape index (κ3) is 3.91. The Bertz CT molecular complexity index is 969. The van der Waals surface area contributed by atoms with Crippen LogP contribution in [-0.2, 0) is 11.3 Å². The van der Waals surface area contributed by atoms with Crippen LogP contribution in [0.3, 0.4) is 0 Å². The summed E-state index contributed by atoms with van der Waals surface area (Å²) in [6, 6.07) is 6.00. The molecule has 0 N–H and O–H groups in total. The van der Waals surface area contributed by atoms with Crippen LogP contribution >= 0.6 is 23.1 Å². The van der Waals surface area contributed by atoms with Crippen molar-refractivity contribution in [1.82, 2.24) is 14.3 Å². The van der Waals surface area contributed by atoms with Crippen LogP contribution in [0, 0.1) is 10.1 Å². The average Bonchev–Trinajstić information content (AvgIpc) is 3.39. The van der Waals surface area contributed by atoms with E-state index in [0.29, 0.717) is 13.1 Å². The van der Waals surface area contributed by atoms with Crippen LogP contribution in [0.15, 0.2) is 47.2 Å². The zero-order chi connectivity index (χ0) is 18.8. The van der Waals surface area contributed by atoms with Crippen LogP contribution in [0.4, 0.5) is 10.5 Å². The van der Waals surface area contributed by atoms with Crippen molar-refractivity contribution in [2.45, 2.75) is 23.3 Å². The van der Waals surface area contributed by atoms with Gasteiger partial charge in [0.05, 0.1) is 4.92 Å². The molecule has 1 saturated heterocycles. The summed E-state index contributed by atoms with van der Waals surface area (Å²) >= 11 is 3.35. The molecular weight excluding hydrogens is 388 g/mol. The number of amides is 1. The van der Waals surface area contributed by atoms with Gasteiger partial charge < -0.3 is 9.64 Å². The molecule has 0 bridgehead atoms. The second-order valence-corrected chi connectivity index (χ2v) is 8.30. The van der Waals surface area contributed by atoms with Crippen molar-refractivity contribution in [3.05, 3.63) is 57.8 Å². The Morgan fingerprint density at radius 1 is 1.41 bits per heavy atom. The molecule has 1 aromatic carbocycles. The van der Waals surface area contributed by atoms with Gasteiger partial charge in [0, 0.05) is 42.0 Å². The van der Waals surface area contributed by atoms with Gasteiger partial charge in [-0.2, -0.15) is 0 Å². The van der Waals surface area contributed by atoms with Crippen LogP contribution in [0.25, 0.3) is 4.83 Å². The van der Waals surface area contributed by atoms with E-state index >= 15 is 0 Å². The van der Waals surface area contributed by atoms with Crippen molar-refractivity contribution in [2.24, 2.45) is 0 Å². The van der Waals surface area contributed by atoms with Crippen molar-refractivity contribution in [1.29, 1.82) is 0 Å². The number of hydrogen-bond donors (Lipinski definition) is 0. The number of non-ortho nitro benzene ring substituents is 1. The van der Waals surface area contributed by atoms with Crippen molar-refractivity contribution in [3.8, 4) is 0 Å². The lowest BCUT2D eigenvalue weighted by Gasteiger charge is -2.16. The molecule has 140 valence electrons. The number of likely N-dealkylation sites (tertiary alicyclic amines) is 1. The van der Waals surface area contributed by atoms with E-state index in [9.17, 15) is 14.9 Å². The number of carbonyl (C=O) groups excluding carboxylic acids is 1. The van der Waals surface area contributed by atoms with Crippen molar-refractivity contribution < 1.29 is 14.5 Å². The molecule has 4 rings (SSSR count). The Morgan fingerprint density at radius 2 is 2.22 bits per heavy atom. The number of nitrogens with zero attached hydrogens (tertiary/aromatic N) is 4. The van der Waals surface area contributed by atoms with E-state index in [1.54, 1.807) is 46.5 Å². The predicted molar refractivity (Wildman–Crippen MR) is 102 cm³/mol. The van der Waals surface area contributed by atoms with Crippen LogP contribution in [0.2, 0.25) is 0 Å². The van der Waals surface area contributed by atoms with Crippen LogP contribution in [-0.4, -0.2) is 43.6 Å². The Kier molecular flexibility index (Phi) is 4.99.